The Morgan fingerprint density at radius 3 is 2.82 bits per heavy atom. The van der Waals surface area contributed by atoms with Gasteiger partial charge in [-0.1, -0.05) is 13.3 Å². The van der Waals surface area contributed by atoms with Crippen LogP contribution in [0.5, 0.6) is 0 Å². The number of hydrogen-bond donors (Lipinski definition) is 0. The highest BCUT2D eigenvalue weighted by Crippen LogP contribution is 1.98. The Labute approximate surface area is 72.7 Å². The molecule has 0 aliphatic heterocycles. The van der Waals surface area contributed by atoms with Gasteiger partial charge in [0.15, 0.2) is 0 Å². The minimum atomic E-state index is -0.0622. The van der Waals surface area contributed by atoms with Crippen molar-refractivity contribution in [1.82, 2.24) is 0 Å². The summed E-state index contributed by atoms with van der Waals surface area (Å²) < 4.78 is 4.93. The maximum Gasteiger partial charge on any atom is 0.306 e. The monoisotopic (exact) mass is 176 g/mol. The largest absolute Gasteiger partial charge is 0.466 e. The van der Waals surface area contributed by atoms with Crippen LogP contribution in [0.15, 0.2) is 0 Å². The standard InChI is InChI=1S/C8H16O2S/c1-3-4-6-10-8(9)5-7-11-2/h3-7H2,1-2H3. The fourth-order valence-electron chi connectivity index (χ4n) is 0.588. The van der Waals surface area contributed by atoms with Crippen molar-refractivity contribution < 1.29 is 9.53 Å². The number of unbranched alkanes of at least 4 members (excludes halogenated alkanes) is 1. The molecule has 0 aromatic rings. The van der Waals surface area contributed by atoms with Crippen molar-refractivity contribution in [3.05, 3.63) is 0 Å². The molecule has 0 aromatic carbocycles. The maximum absolute atomic E-state index is 10.8. The van der Waals surface area contributed by atoms with E-state index in [1.165, 1.54) is 0 Å². The van der Waals surface area contributed by atoms with Crippen LogP contribution in [-0.2, 0) is 9.53 Å². The van der Waals surface area contributed by atoms with E-state index in [0.29, 0.717) is 13.0 Å². The average molecular weight is 176 g/mol. The molecular weight excluding hydrogens is 160 g/mol. The van der Waals surface area contributed by atoms with Gasteiger partial charge in [0.2, 0.25) is 0 Å². The van der Waals surface area contributed by atoms with Crippen LogP contribution in [0.4, 0.5) is 0 Å². The van der Waals surface area contributed by atoms with Crippen LogP contribution in [0, 0.1) is 0 Å². The van der Waals surface area contributed by atoms with Gasteiger partial charge in [0.05, 0.1) is 13.0 Å². The number of carbonyl (C=O) groups excluding carboxylic acids is 1. The first kappa shape index (κ1) is 10.8. The van der Waals surface area contributed by atoms with Crippen LogP contribution in [0.1, 0.15) is 26.2 Å². The summed E-state index contributed by atoms with van der Waals surface area (Å²) in [6.07, 6.45) is 4.59. The van der Waals surface area contributed by atoms with E-state index in [4.69, 9.17) is 4.74 Å². The molecule has 11 heavy (non-hydrogen) atoms. The van der Waals surface area contributed by atoms with Crippen LogP contribution >= 0.6 is 11.8 Å². The van der Waals surface area contributed by atoms with Crippen molar-refractivity contribution in [2.45, 2.75) is 26.2 Å². The number of thioether (sulfide) groups is 1. The molecule has 0 aliphatic rings. The van der Waals surface area contributed by atoms with Crippen molar-refractivity contribution in [3.63, 3.8) is 0 Å². The third-order valence-corrected chi connectivity index (χ3v) is 1.88. The van der Waals surface area contributed by atoms with Gasteiger partial charge in [-0.05, 0) is 12.7 Å². The lowest BCUT2D eigenvalue weighted by Crippen LogP contribution is -2.06. The van der Waals surface area contributed by atoms with Gasteiger partial charge < -0.3 is 4.74 Å². The van der Waals surface area contributed by atoms with Crippen molar-refractivity contribution in [3.8, 4) is 0 Å². The van der Waals surface area contributed by atoms with E-state index in [-0.39, 0.29) is 5.97 Å². The quantitative estimate of drug-likeness (QED) is 0.458. The highest BCUT2D eigenvalue weighted by atomic mass is 32.2. The van der Waals surface area contributed by atoms with Gasteiger partial charge in [0.1, 0.15) is 0 Å². The Morgan fingerprint density at radius 2 is 2.27 bits per heavy atom. The van der Waals surface area contributed by atoms with E-state index in [2.05, 4.69) is 6.92 Å². The molecule has 0 atom stereocenters. The van der Waals surface area contributed by atoms with Crippen LogP contribution in [0.3, 0.4) is 0 Å². The lowest BCUT2D eigenvalue weighted by Gasteiger charge is -2.01. The number of rotatable bonds is 6. The van der Waals surface area contributed by atoms with Gasteiger partial charge in [0.25, 0.3) is 0 Å². The van der Waals surface area contributed by atoms with E-state index < -0.39 is 0 Å². The van der Waals surface area contributed by atoms with Gasteiger partial charge in [-0.3, -0.25) is 4.79 Å². The first-order valence-corrected chi connectivity index (χ1v) is 5.35. The van der Waals surface area contributed by atoms with Gasteiger partial charge >= 0.3 is 5.97 Å². The van der Waals surface area contributed by atoms with Crippen LogP contribution in [-0.4, -0.2) is 24.6 Å². The minimum absolute atomic E-state index is 0.0622. The second kappa shape index (κ2) is 7.92. The number of hydrogen-bond acceptors (Lipinski definition) is 3. The second-order valence-corrected chi connectivity index (χ2v) is 3.30. The molecular formula is C8H16O2S. The maximum atomic E-state index is 10.8. The zero-order chi connectivity index (χ0) is 8.53. The average Bonchev–Trinajstić information content (AvgIpc) is 2.01. The summed E-state index contributed by atoms with van der Waals surface area (Å²) in [6.45, 7) is 2.67. The van der Waals surface area contributed by atoms with Gasteiger partial charge in [-0.15, -0.1) is 0 Å². The molecule has 0 bridgehead atoms. The first-order valence-electron chi connectivity index (χ1n) is 3.95. The van der Waals surface area contributed by atoms with E-state index in [9.17, 15) is 4.79 Å². The molecule has 66 valence electrons. The lowest BCUT2D eigenvalue weighted by molar-refractivity contribution is -0.143. The fourth-order valence-corrected chi connectivity index (χ4v) is 0.959. The molecule has 0 saturated carbocycles. The predicted molar refractivity (Wildman–Crippen MR) is 48.9 cm³/mol. The normalized spacial score (nSPS) is 9.64. The Bertz CT molecular complexity index is 104. The number of esters is 1. The smallest absolute Gasteiger partial charge is 0.306 e. The summed E-state index contributed by atoms with van der Waals surface area (Å²) in [4.78, 5) is 10.8. The van der Waals surface area contributed by atoms with Crippen molar-refractivity contribution in [2.75, 3.05) is 18.6 Å². The molecule has 0 saturated heterocycles. The molecule has 0 N–H and O–H groups in total. The Hall–Kier alpha value is -0.180. The fraction of sp³-hybridized carbons (Fsp3) is 0.875. The zero-order valence-corrected chi connectivity index (χ0v) is 8.08. The molecule has 0 unspecified atom stereocenters. The Morgan fingerprint density at radius 1 is 1.55 bits per heavy atom. The lowest BCUT2D eigenvalue weighted by atomic mass is 10.4. The Kier molecular flexibility index (Phi) is 7.79. The molecule has 0 aliphatic carbocycles. The van der Waals surface area contributed by atoms with Gasteiger partial charge in [0, 0.05) is 5.75 Å². The van der Waals surface area contributed by atoms with Crippen molar-refractivity contribution >= 4 is 17.7 Å². The summed E-state index contributed by atoms with van der Waals surface area (Å²) >= 11 is 1.67. The van der Waals surface area contributed by atoms with Gasteiger partial charge in [-0.2, -0.15) is 11.8 Å². The van der Waals surface area contributed by atoms with E-state index in [1.54, 1.807) is 11.8 Å². The number of ether oxygens (including phenoxy) is 1. The summed E-state index contributed by atoms with van der Waals surface area (Å²) in [6, 6.07) is 0. The summed E-state index contributed by atoms with van der Waals surface area (Å²) in [5, 5.41) is 0. The minimum Gasteiger partial charge on any atom is -0.466 e. The highest BCUT2D eigenvalue weighted by molar-refractivity contribution is 7.98. The van der Waals surface area contributed by atoms with Crippen LogP contribution in [0.2, 0.25) is 0 Å². The molecule has 0 spiro atoms. The third-order valence-electron chi connectivity index (χ3n) is 1.27. The summed E-state index contributed by atoms with van der Waals surface area (Å²) in [7, 11) is 0. The Balaban J connectivity index is 3.09. The molecule has 0 fully saturated rings. The summed E-state index contributed by atoms with van der Waals surface area (Å²) in [5.74, 6) is 0.804. The van der Waals surface area contributed by atoms with Crippen molar-refractivity contribution in [2.24, 2.45) is 0 Å². The zero-order valence-electron chi connectivity index (χ0n) is 7.26. The summed E-state index contributed by atoms with van der Waals surface area (Å²) in [5.41, 5.74) is 0. The molecule has 0 radical (unpaired) electrons. The van der Waals surface area contributed by atoms with E-state index >= 15 is 0 Å². The molecule has 3 heteroatoms. The van der Waals surface area contributed by atoms with Gasteiger partial charge in [-0.25, -0.2) is 0 Å². The topological polar surface area (TPSA) is 26.3 Å². The van der Waals surface area contributed by atoms with E-state index in [0.717, 1.165) is 18.6 Å². The molecule has 0 rings (SSSR count). The van der Waals surface area contributed by atoms with Crippen molar-refractivity contribution in [1.29, 1.82) is 0 Å². The molecule has 0 aromatic heterocycles. The first-order chi connectivity index (χ1) is 5.31. The highest BCUT2D eigenvalue weighted by Gasteiger charge is 1.99. The van der Waals surface area contributed by atoms with E-state index in [1.807, 2.05) is 6.26 Å². The van der Waals surface area contributed by atoms with Crippen LogP contribution < -0.4 is 0 Å². The molecule has 0 heterocycles. The van der Waals surface area contributed by atoms with Crippen LogP contribution in [0.25, 0.3) is 0 Å². The number of carbonyl (C=O) groups is 1. The molecule has 0 amide bonds. The SMILES string of the molecule is CCCCOC(=O)CCSC. The third kappa shape index (κ3) is 7.72. The molecule has 2 nitrogen and oxygen atoms in total. The predicted octanol–water partition coefficient (Wildman–Crippen LogP) is 2.08. The second-order valence-electron chi connectivity index (χ2n) is 2.32.